The van der Waals surface area contributed by atoms with Crippen LogP contribution in [0.15, 0.2) is 18.2 Å². The highest BCUT2D eigenvalue weighted by Gasteiger charge is 2.30. The van der Waals surface area contributed by atoms with Crippen LogP contribution >= 0.6 is 22.9 Å². The van der Waals surface area contributed by atoms with E-state index in [4.69, 9.17) is 21.3 Å². The van der Waals surface area contributed by atoms with Gasteiger partial charge in [-0.3, -0.25) is 4.90 Å². The summed E-state index contributed by atoms with van der Waals surface area (Å²) in [5.74, 6) is 0. The van der Waals surface area contributed by atoms with Crippen molar-refractivity contribution < 1.29 is 4.74 Å². The predicted octanol–water partition coefficient (Wildman–Crippen LogP) is 5.25. The van der Waals surface area contributed by atoms with Crippen LogP contribution in [0.25, 0.3) is 10.6 Å². The number of fused-ring (bicyclic) bond motifs is 1. The van der Waals surface area contributed by atoms with E-state index in [1.54, 1.807) is 11.3 Å². The molecular formula is C18H23ClN2OS. The number of rotatable bonds is 3. The van der Waals surface area contributed by atoms with Crippen molar-refractivity contribution in [2.75, 3.05) is 0 Å². The molecule has 1 aliphatic rings. The fourth-order valence-electron chi connectivity index (χ4n) is 2.86. The molecular weight excluding hydrogens is 328 g/mol. The molecule has 1 aromatic carbocycles. The van der Waals surface area contributed by atoms with Gasteiger partial charge in [0.1, 0.15) is 11.2 Å². The van der Waals surface area contributed by atoms with Crippen LogP contribution < -0.4 is 0 Å². The van der Waals surface area contributed by atoms with Gasteiger partial charge in [-0.2, -0.15) is 0 Å². The maximum Gasteiger partial charge on any atom is 0.124 e. The zero-order chi connectivity index (χ0) is 16.8. The van der Waals surface area contributed by atoms with Crippen LogP contribution in [0.5, 0.6) is 0 Å². The molecule has 0 saturated heterocycles. The molecule has 0 amide bonds. The van der Waals surface area contributed by atoms with Crippen molar-refractivity contribution in [2.45, 2.75) is 59.5 Å². The largest absolute Gasteiger partial charge is 0.358 e. The van der Waals surface area contributed by atoms with E-state index in [9.17, 15) is 0 Å². The normalized spacial score (nSPS) is 16.6. The molecule has 0 fully saturated rings. The summed E-state index contributed by atoms with van der Waals surface area (Å²) in [6.45, 7) is 12.2. The summed E-state index contributed by atoms with van der Waals surface area (Å²) in [6, 6.07) is 6.01. The summed E-state index contributed by atoms with van der Waals surface area (Å²) >= 11 is 8.01. The summed E-state index contributed by atoms with van der Waals surface area (Å²) in [4.78, 5) is 8.52. The fourth-order valence-corrected chi connectivity index (χ4v) is 4.21. The van der Waals surface area contributed by atoms with Gasteiger partial charge in [0.25, 0.3) is 0 Å². The molecule has 3 nitrogen and oxygen atoms in total. The van der Waals surface area contributed by atoms with Crippen molar-refractivity contribution in [3.63, 3.8) is 0 Å². The molecule has 0 N–H and O–H groups in total. The Morgan fingerprint density at radius 2 is 2.04 bits per heavy atom. The van der Waals surface area contributed by atoms with E-state index in [1.807, 2.05) is 12.1 Å². The molecule has 1 aliphatic heterocycles. The van der Waals surface area contributed by atoms with Crippen LogP contribution in [0.4, 0.5) is 0 Å². The fraction of sp³-hybridized carbons (Fsp3) is 0.500. The van der Waals surface area contributed by atoms with E-state index in [0.717, 1.165) is 34.2 Å². The molecule has 124 valence electrons. The first-order chi connectivity index (χ1) is 10.7. The van der Waals surface area contributed by atoms with Gasteiger partial charge in [0.15, 0.2) is 0 Å². The lowest BCUT2D eigenvalue weighted by molar-refractivity contribution is -0.125. The zero-order valence-corrected chi connectivity index (χ0v) is 15.9. The average Bonchev–Trinajstić information content (AvgIpc) is 2.98. The summed E-state index contributed by atoms with van der Waals surface area (Å²) < 4.78 is 6.06. The van der Waals surface area contributed by atoms with Gasteiger partial charge in [0, 0.05) is 28.6 Å². The monoisotopic (exact) mass is 350 g/mol. The van der Waals surface area contributed by atoms with Crippen LogP contribution in [0.2, 0.25) is 5.02 Å². The van der Waals surface area contributed by atoms with Gasteiger partial charge in [-0.15, -0.1) is 11.3 Å². The Morgan fingerprint density at radius 3 is 2.70 bits per heavy atom. The molecule has 2 heterocycles. The molecule has 0 saturated carbocycles. The maximum atomic E-state index is 6.24. The van der Waals surface area contributed by atoms with Crippen molar-refractivity contribution in [1.29, 1.82) is 0 Å². The lowest BCUT2D eigenvalue weighted by Crippen LogP contribution is -2.36. The van der Waals surface area contributed by atoms with Gasteiger partial charge in [0.05, 0.1) is 11.3 Å². The number of ether oxygens (including phenoxy) is 1. The zero-order valence-electron chi connectivity index (χ0n) is 14.3. The standard InChI is InChI=1S/C18H23ClN2OS/c1-11-13(7-6-8-14(11)19)17-20-15-9-21(10-16(15)23-17)12(2)22-18(3,4)5/h6-8,12H,9-10H2,1-5H3/t12-/m0/s1. The molecule has 1 atom stereocenters. The van der Waals surface area contributed by atoms with E-state index >= 15 is 0 Å². The Labute approximate surface area is 147 Å². The van der Waals surface area contributed by atoms with E-state index in [1.165, 1.54) is 10.6 Å². The SMILES string of the molecule is Cc1c(Cl)cccc1-c1nc2c(s1)CN([C@H](C)OC(C)(C)C)C2. The number of benzene rings is 1. The van der Waals surface area contributed by atoms with E-state index < -0.39 is 0 Å². The number of aromatic nitrogens is 1. The molecule has 5 heteroatoms. The molecule has 3 rings (SSSR count). The molecule has 0 unspecified atom stereocenters. The van der Waals surface area contributed by atoms with Crippen molar-refractivity contribution in [1.82, 2.24) is 9.88 Å². The Bertz CT molecular complexity index is 697. The highest BCUT2D eigenvalue weighted by atomic mass is 35.5. The van der Waals surface area contributed by atoms with Crippen LogP contribution in [0.1, 0.15) is 43.8 Å². The third-order valence-corrected chi connectivity index (χ3v) is 5.54. The lowest BCUT2D eigenvalue weighted by atomic mass is 10.1. The quantitative estimate of drug-likeness (QED) is 0.756. The van der Waals surface area contributed by atoms with Crippen molar-refractivity contribution in [2.24, 2.45) is 0 Å². The van der Waals surface area contributed by atoms with Crippen LogP contribution in [-0.4, -0.2) is 21.7 Å². The van der Waals surface area contributed by atoms with Gasteiger partial charge in [-0.1, -0.05) is 23.7 Å². The van der Waals surface area contributed by atoms with E-state index in [0.29, 0.717) is 0 Å². The predicted molar refractivity (Wildman–Crippen MR) is 96.8 cm³/mol. The van der Waals surface area contributed by atoms with Crippen molar-refractivity contribution in [3.05, 3.63) is 39.4 Å². The molecule has 1 aromatic heterocycles. The van der Waals surface area contributed by atoms with Gasteiger partial charge in [0.2, 0.25) is 0 Å². The highest BCUT2D eigenvalue weighted by Crippen LogP contribution is 2.37. The third-order valence-electron chi connectivity index (χ3n) is 4.01. The van der Waals surface area contributed by atoms with Gasteiger partial charge in [-0.05, 0) is 46.2 Å². The smallest absolute Gasteiger partial charge is 0.124 e. The number of halogens is 1. The molecule has 0 radical (unpaired) electrons. The second kappa shape index (κ2) is 6.17. The van der Waals surface area contributed by atoms with E-state index in [-0.39, 0.29) is 11.8 Å². The topological polar surface area (TPSA) is 25.4 Å². The third kappa shape index (κ3) is 3.61. The average molecular weight is 351 g/mol. The molecule has 23 heavy (non-hydrogen) atoms. The Hall–Kier alpha value is -0.940. The van der Waals surface area contributed by atoms with Gasteiger partial charge < -0.3 is 4.74 Å². The first-order valence-electron chi connectivity index (χ1n) is 7.90. The minimum atomic E-state index is -0.133. The summed E-state index contributed by atoms with van der Waals surface area (Å²) in [7, 11) is 0. The summed E-state index contributed by atoms with van der Waals surface area (Å²) in [5.41, 5.74) is 3.28. The Morgan fingerprint density at radius 1 is 1.30 bits per heavy atom. The molecule has 2 aromatic rings. The van der Waals surface area contributed by atoms with Crippen molar-refractivity contribution >= 4 is 22.9 Å². The van der Waals surface area contributed by atoms with Crippen LogP contribution in [0, 0.1) is 6.92 Å². The number of nitrogens with zero attached hydrogens (tertiary/aromatic N) is 2. The number of thiazole rings is 1. The lowest BCUT2D eigenvalue weighted by Gasteiger charge is -2.31. The van der Waals surface area contributed by atoms with Crippen LogP contribution in [0.3, 0.4) is 0 Å². The van der Waals surface area contributed by atoms with Gasteiger partial charge >= 0.3 is 0 Å². The highest BCUT2D eigenvalue weighted by molar-refractivity contribution is 7.15. The van der Waals surface area contributed by atoms with Crippen molar-refractivity contribution in [3.8, 4) is 10.6 Å². The first kappa shape index (κ1) is 16.9. The van der Waals surface area contributed by atoms with E-state index in [2.05, 4.69) is 45.6 Å². The molecule has 0 bridgehead atoms. The maximum absolute atomic E-state index is 6.24. The molecule has 0 aliphatic carbocycles. The van der Waals surface area contributed by atoms with Gasteiger partial charge in [-0.25, -0.2) is 4.98 Å². The Balaban J connectivity index is 1.77. The summed E-state index contributed by atoms with van der Waals surface area (Å²) in [5, 5.41) is 1.87. The van der Waals surface area contributed by atoms with Crippen LogP contribution in [-0.2, 0) is 17.8 Å². The minimum absolute atomic E-state index is 0.0905. The first-order valence-corrected chi connectivity index (χ1v) is 9.10. The second-order valence-corrected chi connectivity index (χ2v) is 8.53. The number of hydrogen-bond acceptors (Lipinski definition) is 4. The Kier molecular flexibility index (Phi) is 4.53. The minimum Gasteiger partial charge on any atom is -0.358 e. The second-order valence-electron chi connectivity index (χ2n) is 7.04. The summed E-state index contributed by atoms with van der Waals surface area (Å²) in [6.07, 6.45) is 0.0905. The molecule has 0 spiro atoms. The number of hydrogen-bond donors (Lipinski definition) is 0.